The van der Waals surface area contributed by atoms with Crippen molar-refractivity contribution >= 4 is 0 Å². The second-order valence-electron chi connectivity index (χ2n) is 6.60. The maximum absolute atomic E-state index is 6.07. The molecule has 0 bridgehead atoms. The van der Waals surface area contributed by atoms with Gasteiger partial charge in [0.15, 0.2) is 11.5 Å². The van der Waals surface area contributed by atoms with Crippen LogP contribution in [0, 0.1) is 12.8 Å². The third-order valence-corrected chi connectivity index (χ3v) is 4.92. The predicted molar refractivity (Wildman–Crippen MR) is 93.0 cm³/mol. The first kappa shape index (κ1) is 15.3. The van der Waals surface area contributed by atoms with Crippen LogP contribution >= 0.6 is 0 Å². The van der Waals surface area contributed by atoms with Crippen molar-refractivity contribution in [1.82, 2.24) is 5.32 Å². The van der Waals surface area contributed by atoms with Gasteiger partial charge in [0.1, 0.15) is 5.75 Å². The number of piperidine rings is 1. The van der Waals surface area contributed by atoms with Gasteiger partial charge in [-0.3, -0.25) is 0 Å². The number of hydrogen-bond acceptors (Lipinski definition) is 4. The van der Waals surface area contributed by atoms with Crippen LogP contribution in [0.2, 0.25) is 0 Å². The zero-order valence-corrected chi connectivity index (χ0v) is 14.0. The van der Waals surface area contributed by atoms with Gasteiger partial charge in [-0.15, -0.1) is 0 Å². The van der Waals surface area contributed by atoms with Gasteiger partial charge in [-0.05, 0) is 43.5 Å². The summed E-state index contributed by atoms with van der Waals surface area (Å²) in [6.07, 6.45) is 1.15. The van der Waals surface area contributed by atoms with E-state index >= 15 is 0 Å². The van der Waals surface area contributed by atoms with Crippen LogP contribution in [0.25, 0.3) is 0 Å². The Bertz CT molecular complexity index is 699. The van der Waals surface area contributed by atoms with E-state index in [0.717, 1.165) is 36.8 Å². The molecule has 2 aliphatic rings. The predicted octanol–water partition coefficient (Wildman–Crippen LogP) is 3.50. The Morgan fingerprint density at radius 1 is 1.08 bits per heavy atom. The first-order chi connectivity index (χ1) is 11.8. The van der Waals surface area contributed by atoms with E-state index < -0.39 is 0 Å². The highest BCUT2D eigenvalue weighted by molar-refractivity contribution is 5.46. The highest BCUT2D eigenvalue weighted by Crippen LogP contribution is 2.36. The van der Waals surface area contributed by atoms with E-state index in [9.17, 15) is 0 Å². The lowest BCUT2D eigenvalue weighted by Crippen LogP contribution is -2.38. The van der Waals surface area contributed by atoms with Gasteiger partial charge >= 0.3 is 0 Å². The van der Waals surface area contributed by atoms with Gasteiger partial charge in [0, 0.05) is 18.5 Å². The van der Waals surface area contributed by atoms with Crippen molar-refractivity contribution in [2.45, 2.75) is 19.3 Å². The fourth-order valence-electron chi connectivity index (χ4n) is 3.52. The minimum absolute atomic E-state index is 0.292. The minimum Gasteiger partial charge on any atom is -0.493 e. The first-order valence-electron chi connectivity index (χ1n) is 8.59. The average molecular weight is 325 g/mol. The highest BCUT2D eigenvalue weighted by atomic mass is 16.7. The Morgan fingerprint density at radius 2 is 1.92 bits per heavy atom. The topological polar surface area (TPSA) is 39.7 Å². The summed E-state index contributed by atoms with van der Waals surface area (Å²) in [5.41, 5.74) is 2.72. The minimum atomic E-state index is 0.292. The number of aryl methyl sites for hydroxylation is 1. The number of hydrogen-bond donors (Lipinski definition) is 1. The van der Waals surface area contributed by atoms with Gasteiger partial charge in [-0.2, -0.15) is 0 Å². The molecular weight excluding hydrogens is 302 g/mol. The van der Waals surface area contributed by atoms with Gasteiger partial charge in [-0.25, -0.2) is 0 Å². The van der Waals surface area contributed by atoms with Crippen LogP contribution in [0.5, 0.6) is 17.2 Å². The third-order valence-electron chi connectivity index (χ3n) is 4.92. The molecule has 0 saturated carbocycles. The lowest BCUT2D eigenvalue weighted by molar-refractivity contribution is 0.173. The second kappa shape index (κ2) is 6.73. The molecule has 126 valence electrons. The number of rotatable bonds is 4. The smallest absolute Gasteiger partial charge is 0.231 e. The van der Waals surface area contributed by atoms with Crippen molar-refractivity contribution in [1.29, 1.82) is 0 Å². The van der Waals surface area contributed by atoms with E-state index in [0.29, 0.717) is 25.2 Å². The molecule has 1 N–H and O–H groups in total. The average Bonchev–Trinajstić information content (AvgIpc) is 3.09. The van der Waals surface area contributed by atoms with Crippen LogP contribution in [-0.2, 0) is 0 Å². The molecule has 1 unspecified atom stereocenters. The summed E-state index contributed by atoms with van der Waals surface area (Å²) in [5, 5.41) is 3.50. The summed E-state index contributed by atoms with van der Waals surface area (Å²) in [4.78, 5) is 0. The summed E-state index contributed by atoms with van der Waals surface area (Å²) in [6.45, 7) is 5.18. The summed E-state index contributed by atoms with van der Waals surface area (Å²) < 4.78 is 16.8. The summed E-state index contributed by atoms with van der Waals surface area (Å²) in [7, 11) is 0. The molecule has 4 rings (SSSR count). The highest BCUT2D eigenvalue weighted by Gasteiger charge is 2.27. The molecule has 24 heavy (non-hydrogen) atoms. The van der Waals surface area contributed by atoms with Crippen molar-refractivity contribution in [3.8, 4) is 17.2 Å². The molecule has 0 radical (unpaired) electrons. The standard InChI is InChI=1S/C20H23NO3/c1-14-2-4-15(5-3-14)18-8-9-21-11-16(18)12-22-17-6-7-19-20(10-17)24-13-23-19/h2-7,10,16,18,21H,8-9,11-13H2,1H3/t16-,18?/m0/s1. The van der Waals surface area contributed by atoms with Crippen LogP contribution in [0.1, 0.15) is 23.5 Å². The molecule has 0 spiro atoms. The Balaban J connectivity index is 1.44. The SMILES string of the molecule is Cc1ccc(C2CCNC[C@H]2COc2ccc3c(c2)OCO3)cc1. The lowest BCUT2D eigenvalue weighted by atomic mass is 9.81. The largest absolute Gasteiger partial charge is 0.493 e. The summed E-state index contributed by atoms with van der Waals surface area (Å²) in [6, 6.07) is 14.7. The Morgan fingerprint density at radius 3 is 2.79 bits per heavy atom. The Kier molecular flexibility index (Phi) is 4.30. The van der Waals surface area contributed by atoms with E-state index in [1.165, 1.54) is 11.1 Å². The lowest BCUT2D eigenvalue weighted by Gasteiger charge is -2.32. The molecule has 0 aromatic heterocycles. The molecule has 4 heteroatoms. The van der Waals surface area contributed by atoms with E-state index in [1.54, 1.807) is 0 Å². The van der Waals surface area contributed by atoms with Gasteiger partial charge in [0.2, 0.25) is 6.79 Å². The summed E-state index contributed by atoms with van der Waals surface area (Å²) >= 11 is 0. The third kappa shape index (κ3) is 3.20. The fourth-order valence-corrected chi connectivity index (χ4v) is 3.52. The summed E-state index contributed by atoms with van der Waals surface area (Å²) in [5.74, 6) is 3.41. The van der Waals surface area contributed by atoms with E-state index in [4.69, 9.17) is 14.2 Å². The number of fused-ring (bicyclic) bond motifs is 1. The van der Waals surface area contributed by atoms with Gasteiger partial charge in [0.25, 0.3) is 0 Å². The first-order valence-corrected chi connectivity index (χ1v) is 8.59. The molecule has 2 aromatic rings. The second-order valence-corrected chi connectivity index (χ2v) is 6.60. The molecule has 0 aliphatic carbocycles. The molecular formula is C20H23NO3. The van der Waals surface area contributed by atoms with E-state index in [2.05, 4.69) is 36.5 Å². The van der Waals surface area contributed by atoms with E-state index in [-0.39, 0.29) is 0 Å². The van der Waals surface area contributed by atoms with Crippen LogP contribution in [0.15, 0.2) is 42.5 Å². The molecule has 1 saturated heterocycles. The fraction of sp³-hybridized carbons (Fsp3) is 0.400. The molecule has 2 aromatic carbocycles. The normalized spacial score (nSPS) is 22.4. The van der Waals surface area contributed by atoms with Gasteiger partial charge < -0.3 is 19.5 Å². The van der Waals surface area contributed by atoms with Crippen molar-refractivity contribution in [3.05, 3.63) is 53.6 Å². The van der Waals surface area contributed by atoms with Crippen molar-refractivity contribution in [2.24, 2.45) is 5.92 Å². The monoisotopic (exact) mass is 325 g/mol. The van der Waals surface area contributed by atoms with Crippen LogP contribution < -0.4 is 19.5 Å². The number of nitrogens with one attached hydrogen (secondary N) is 1. The molecule has 0 amide bonds. The van der Waals surface area contributed by atoms with Crippen molar-refractivity contribution in [2.75, 3.05) is 26.5 Å². The van der Waals surface area contributed by atoms with Crippen LogP contribution in [0.4, 0.5) is 0 Å². The molecule has 4 nitrogen and oxygen atoms in total. The zero-order valence-electron chi connectivity index (χ0n) is 14.0. The van der Waals surface area contributed by atoms with Crippen molar-refractivity contribution < 1.29 is 14.2 Å². The molecule has 1 fully saturated rings. The van der Waals surface area contributed by atoms with E-state index in [1.807, 2.05) is 18.2 Å². The van der Waals surface area contributed by atoms with Gasteiger partial charge in [-0.1, -0.05) is 29.8 Å². The quantitative estimate of drug-likeness (QED) is 0.934. The van der Waals surface area contributed by atoms with Crippen LogP contribution in [-0.4, -0.2) is 26.5 Å². The zero-order chi connectivity index (χ0) is 16.4. The molecule has 2 heterocycles. The number of benzene rings is 2. The Labute approximate surface area is 142 Å². The molecule has 2 atom stereocenters. The van der Waals surface area contributed by atoms with Gasteiger partial charge in [0.05, 0.1) is 6.61 Å². The number of ether oxygens (including phenoxy) is 3. The Hall–Kier alpha value is -2.20. The van der Waals surface area contributed by atoms with Crippen molar-refractivity contribution in [3.63, 3.8) is 0 Å². The maximum Gasteiger partial charge on any atom is 0.231 e. The maximum atomic E-state index is 6.07. The van der Waals surface area contributed by atoms with Crippen LogP contribution in [0.3, 0.4) is 0 Å². The molecule has 2 aliphatic heterocycles.